The number of amides is 2. The van der Waals surface area contributed by atoms with Gasteiger partial charge in [-0.25, -0.2) is 14.4 Å². The van der Waals surface area contributed by atoms with Crippen LogP contribution in [0.3, 0.4) is 0 Å². The van der Waals surface area contributed by atoms with E-state index in [9.17, 15) is 34.6 Å². The van der Waals surface area contributed by atoms with Gasteiger partial charge in [0, 0.05) is 48.5 Å². The number of benzene rings is 2. The maximum Gasteiger partial charge on any atom is 0.519 e. The smallest absolute Gasteiger partial charge is 0.444 e. The van der Waals surface area contributed by atoms with Crippen molar-refractivity contribution in [1.82, 2.24) is 10.6 Å². The third-order valence-electron chi connectivity index (χ3n) is 5.48. The number of non-ortho nitro benzene ring substituents is 2. The monoisotopic (exact) mass is 618 g/mol. The molecule has 0 heterocycles. The van der Waals surface area contributed by atoms with E-state index in [2.05, 4.69) is 10.6 Å². The molecule has 0 aliphatic carbocycles. The number of hydrogen-bond donors (Lipinski definition) is 2. The molecule has 2 aromatic carbocycles. The van der Waals surface area contributed by atoms with Crippen LogP contribution in [0.2, 0.25) is 0 Å². The number of carbonyl (C=O) groups excluding carboxylic acids is 3. The summed E-state index contributed by atoms with van der Waals surface area (Å²) in [5.41, 5.74) is -1.16. The van der Waals surface area contributed by atoms with Crippen molar-refractivity contribution < 1.29 is 43.2 Å². The highest BCUT2D eigenvalue weighted by Gasteiger charge is 2.20. The molecule has 0 unspecified atom stereocenters. The van der Waals surface area contributed by atoms with Gasteiger partial charge in [-0.1, -0.05) is 0 Å². The van der Waals surface area contributed by atoms with Crippen LogP contribution in [0, 0.1) is 20.2 Å². The van der Waals surface area contributed by atoms with Gasteiger partial charge in [0.05, 0.1) is 9.85 Å². The minimum Gasteiger partial charge on any atom is -0.444 e. The third kappa shape index (κ3) is 12.9. The van der Waals surface area contributed by atoms with E-state index in [0.717, 1.165) is 0 Å². The highest BCUT2D eigenvalue weighted by atomic mass is 16.7. The van der Waals surface area contributed by atoms with E-state index < -0.39 is 39.4 Å². The Kier molecular flexibility index (Phi) is 12.4. The second kappa shape index (κ2) is 15.5. The summed E-state index contributed by atoms with van der Waals surface area (Å²) in [4.78, 5) is 58.0. The number of hydrogen-bond acceptors (Lipinski definition) is 11. The number of nitro benzene ring substituents is 2. The topological polar surface area (TPSA) is 198 Å². The first-order valence-electron chi connectivity index (χ1n) is 13.8. The minimum atomic E-state index is -1.17. The van der Waals surface area contributed by atoms with Crippen LogP contribution in [-0.2, 0) is 22.3 Å². The highest BCUT2D eigenvalue weighted by molar-refractivity contribution is 5.69. The zero-order valence-electron chi connectivity index (χ0n) is 25.6. The van der Waals surface area contributed by atoms with Gasteiger partial charge in [-0.2, -0.15) is 0 Å². The molecule has 0 bridgehead atoms. The number of nitrogens with zero attached hydrogens (tertiary/aromatic N) is 2. The van der Waals surface area contributed by atoms with Crippen molar-refractivity contribution in [1.29, 1.82) is 0 Å². The van der Waals surface area contributed by atoms with Gasteiger partial charge in [-0.3, -0.25) is 20.2 Å². The Bertz CT molecular complexity index is 1260. The molecule has 15 nitrogen and oxygen atoms in total. The van der Waals surface area contributed by atoms with Crippen LogP contribution in [0.25, 0.3) is 0 Å². The van der Waals surface area contributed by atoms with Gasteiger partial charge >= 0.3 is 18.3 Å². The van der Waals surface area contributed by atoms with E-state index in [-0.39, 0.29) is 48.8 Å². The van der Waals surface area contributed by atoms with E-state index >= 15 is 0 Å². The van der Waals surface area contributed by atoms with Gasteiger partial charge in [-0.05, 0) is 79.4 Å². The van der Waals surface area contributed by atoms with Crippen molar-refractivity contribution in [3.05, 3.63) is 67.8 Å². The van der Waals surface area contributed by atoms with Crippen LogP contribution in [0.4, 0.5) is 25.8 Å². The van der Waals surface area contributed by atoms with E-state index in [1.54, 1.807) is 41.5 Å². The van der Waals surface area contributed by atoms with Crippen molar-refractivity contribution in [2.24, 2.45) is 0 Å². The maximum atomic E-state index is 12.8. The highest BCUT2D eigenvalue weighted by Crippen LogP contribution is 2.29. The SMILES string of the molecule is CC(C)(C)OC(=O)NCCCc1cc([N+](=O)[O-])ccc1OC(=O)Oc1ccc([N+](=O)[O-])cc1CCCNC(=O)OC(C)(C)C. The van der Waals surface area contributed by atoms with Gasteiger partial charge in [-0.15, -0.1) is 0 Å². The molecule has 0 fully saturated rings. The lowest BCUT2D eigenvalue weighted by molar-refractivity contribution is -0.385. The summed E-state index contributed by atoms with van der Waals surface area (Å²) in [7, 11) is 0. The predicted molar refractivity (Wildman–Crippen MR) is 158 cm³/mol. The molecule has 2 rings (SSSR count). The van der Waals surface area contributed by atoms with E-state index in [4.69, 9.17) is 18.9 Å². The molecule has 0 spiro atoms. The first-order valence-corrected chi connectivity index (χ1v) is 13.8. The summed E-state index contributed by atoms with van der Waals surface area (Å²) >= 11 is 0. The first kappa shape index (κ1) is 35.2. The summed E-state index contributed by atoms with van der Waals surface area (Å²) in [6.07, 6.45) is -1.31. The quantitative estimate of drug-likeness (QED) is 0.0930. The molecule has 240 valence electrons. The maximum absolute atomic E-state index is 12.8. The Morgan fingerprint density at radius 2 is 1.05 bits per heavy atom. The van der Waals surface area contributed by atoms with Crippen molar-refractivity contribution >= 4 is 29.7 Å². The number of ether oxygens (including phenoxy) is 4. The Morgan fingerprint density at radius 1 is 0.682 bits per heavy atom. The Hall–Kier alpha value is -4.95. The van der Waals surface area contributed by atoms with Gasteiger partial charge in [0.15, 0.2) is 0 Å². The second-order valence-corrected chi connectivity index (χ2v) is 11.6. The van der Waals surface area contributed by atoms with E-state index in [1.165, 1.54) is 36.4 Å². The fourth-order valence-corrected chi connectivity index (χ4v) is 3.72. The average molecular weight is 619 g/mol. The number of alkyl carbamates (subject to hydrolysis) is 2. The van der Waals surface area contributed by atoms with Crippen LogP contribution >= 0.6 is 0 Å². The van der Waals surface area contributed by atoms with Crippen LogP contribution in [0.5, 0.6) is 11.5 Å². The van der Waals surface area contributed by atoms with E-state index in [1.807, 2.05) is 0 Å². The Morgan fingerprint density at radius 3 is 1.36 bits per heavy atom. The number of nitro groups is 2. The molecule has 0 saturated carbocycles. The fourth-order valence-electron chi connectivity index (χ4n) is 3.72. The summed E-state index contributed by atoms with van der Waals surface area (Å²) in [5.74, 6) is 0.00535. The lowest BCUT2D eigenvalue weighted by Crippen LogP contribution is -2.33. The number of rotatable bonds is 12. The first-order chi connectivity index (χ1) is 20.4. The molecule has 2 amide bonds. The molecule has 0 atom stereocenters. The van der Waals surface area contributed by atoms with E-state index in [0.29, 0.717) is 24.0 Å². The molecule has 0 radical (unpaired) electrons. The lowest BCUT2D eigenvalue weighted by atomic mass is 10.1. The van der Waals surface area contributed by atoms with Crippen LogP contribution < -0.4 is 20.1 Å². The van der Waals surface area contributed by atoms with Gasteiger partial charge in [0.1, 0.15) is 22.7 Å². The molecule has 0 aromatic heterocycles. The molecule has 2 N–H and O–H groups in total. The third-order valence-corrected chi connectivity index (χ3v) is 5.48. The van der Waals surface area contributed by atoms with Gasteiger partial charge in [0.25, 0.3) is 11.4 Å². The van der Waals surface area contributed by atoms with Crippen molar-refractivity contribution in [3.8, 4) is 11.5 Å². The lowest BCUT2D eigenvalue weighted by Gasteiger charge is -2.19. The Balaban J connectivity index is 2.10. The molecule has 0 aliphatic rings. The predicted octanol–water partition coefficient (Wildman–Crippen LogP) is 6.00. The zero-order chi connectivity index (χ0) is 33.1. The normalized spacial score (nSPS) is 11.2. The van der Waals surface area contributed by atoms with Crippen LogP contribution in [-0.4, -0.2) is 52.5 Å². The molecular formula is C29H38N4O11. The van der Waals surface area contributed by atoms with Crippen LogP contribution in [0.15, 0.2) is 36.4 Å². The zero-order valence-corrected chi connectivity index (χ0v) is 25.6. The molecule has 0 aliphatic heterocycles. The largest absolute Gasteiger partial charge is 0.519 e. The van der Waals surface area contributed by atoms with Crippen LogP contribution in [0.1, 0.15) is 65.5 Å². The summed E-state index contributed by atoms with van der Waals surface area (Å²) in [6.45, 7) is 10.7. The van der Waals surface area contributed by atoms with Gasteiger partial charge in [0.2, 0.25) is 0 Å². The molecule has 2 aromatic rings. The summed E-state index contributed by atoms with van der Waals surface area (Å²) < 4.78 is 21.1. The average Bonchev–Trinajstić information content (AvgIpc) is 2.88. The summed E-state index contributed by atoms with van der Waals surface area (Å²) in [6, 6.07) is 7.36. The summed E-state index contributed by atoms with van der Waals surface area (Å²) in [5, 5.41) is 27.8. The van der Waals surface area contributed by atoms with Crippen molar-refractivity contribution in [2.45, 2.75) is 78.4 Å². The number of aryl methyl sites for hydroxylation is 2. The number of nitrogens with one attached hydrogen (secondary N) is 2. The second-order valence-electron chi connectivity index (χ2n) is 11.6. The molecule has 15 heteroatoms. The Labute approximate surface area is 254 Å². The number of carbonyl (C=O) groups is 3. The fraction of sp³-hybridized carbons (Fsp3) is 0.483. The van der Waals surface area contributed by atoms with Crippen molar-refractivity contribution in [2.75, 3.05) is 13.1 Å². The molecule has 44 heavy (non-hydrogen) atoms. The molecule has 0 saturated heterocycles. The molecular weight excluding hydrogens is 580 g/mol. The van der Waals surface area contributed by atoms with Crippen molar-refractivity contribution in [3.63, 3.8) is 0 Å². The standard InChI is InChI=1S/C29H38N4O11/c1-28(2,3)43-25(34)30-15-7-9-19-17-21(32(37)38)11-13-23(19)41-27(36)42-24-14-12-22(33(39)40)18-20(24)10-8-16-31-26(35)44-29(4,5)6/h11-14,17-18H,7-10,15-16H2,1-6H3,(H,30,34)(H,31,35). The van der Waals surface area contributed by atoms with Gasteiger partial charge < -0.3 is 29.6 Å². The minimum absolute atomic E-state index is 0.00268.